The quantitative estimate of drug-likeness (QED) is 0.564. The number of rotatable bonds is 8. The Hall–Kier alpha value is -2.63. The number of likely N-dealkylation sites (N-methyl/N-ethyl adjacent to an activating group) is 2. The van der Waals surface area contributed by atoms with Gasteiger partial charge in [-0.3, -0.25) is 9.78 Å². The molecule has 6 heteroatoms. The number of benzene rings is 2. The van der Waals surface area contributed by atoms with Crippen molar-refractivity contribution >= 4 is 39.8 Å². The van der Waals surface area contributed by atoms with Gasteiger partial charge in [0.15, 0.2) is 0 Å². The lowest BCUT2D eigenvalue weighted by Gasteiger charge is -2.24. The number of hydrogen-bond donors (Lipinski definition) is 1. The Labute approximate surface area is 177 Å². The number of carbonyl (C=O) groups excluding carboxylic acids is 1. The van der Waals surface area contributed by atoms with Gasteiger partial charge in [-0.15, -0.1) is 0 Å². The molecular weight excluding hydrogens is 384 g/mol. The minimum atomic E-state index is 0.00154. The minimum absolute atomic E-state index is 0.00154. The number of carbonyl (C=O) groups is 1. The molecule has 3 aromatic rings. The maximum absolute atomic E-state index is 13.1. The number of nitrogens with one attached hydrogen (secondary N) is 1. The average molecular weight is 411 g/mol. The first-order valence-electron chi connectivity index (χ1n) is 9.91. The molecule has 1 N–H and O–H groups in total. The van der Waals surface area contributed by atoms with Crippen molar-refractivity contribution in [2.75, 3.05) is 38.5 Å². The van der Waals surface area contributed by atoms with Crippen LogP contribution in [0, 0.1) is 0 Å². The van der Waals surface area contributed by atoms with E-state index in [0.29, 0.717) is 17.1 Å². The molecule has 3 rings (SSSR count). The molecule has 0 saturated carbocycles. The molecule has 1 heterocycles. The highest BCUT2D eigenvalue weighted by molar-refractivity contribution is 6.31. The number of halogens is 1. The van der Waals surface area contributed by atoms with Gasteiger partial charge in [-0.1, -0.05) is 37.6 Å². The maximum atomic E-state index is 13.1. The van der Waals surface area contributed by atoms with E-state index in [4.69, 9.17) is 11.6 Å². The van der Waals surface area contributed by atoms with E-state index in [1.165, 1.54) is 0 Å². The van der Waals surface area contributed by atoms with Gasteiger partial charge in [-0.25, -0.2) is 0 Å². The molecule has 0 aliphatic rings. The summed E-state index contributed by atoms with van der Waals surface area (Å²) in [5, 5.41) is 5.02. The molecule has 0 unspecified atom stereocenters. The van der Waals surface area contributed by atoms with E-state index >= 15 is 0 Å². The number of pyridine rings is 1. The number of hydrogen-bond acceptors (Lipinski definition) is 4. The zero-order valence-electron chi connectivity index (χ0n) is 17.2. The number of anilines is 2. The van der Waals surface area contributed by atoms with Gasteiger partial charge in [0.1, 0.15) is 0 Å². The third kappa shape index (κ3) is 5.05. The van der Waals surface area contributed by atoms with Gasteiger partial charge in [-0.2, -0.15) is 0 Å². The fourth-order valence-corrected chi connectivity index (χ4v) is 3.46. The molecule has 0 spiro atoms. The Balaban J connectivity index is 1.83. The molecule has 0 bridgehead atoms. The summed E-state index contributed by atoms with van der Waals surface area (Å²) in [6.07, 6.45) is 1.74. The smallest absolute Gasteiger partial charge is 0.255 e. The van der Waals surface area contributed by atoms with Crippen LogP contribution < -0.4 is 5.32 Å². The molecule has 0 aliphatic heterocycles. The van der Waals surface area contributed by atoms with E-state index in [2.05, 4.69) is 29.0 Å². The monoisotopic (exact) mass is 410 g/mol. The zero-order valence-corrected chi connectivity index (χ0v) is 17.9. The number of aromatic nitrogens is 1. The summed E-state index contributed by atoms with van der Waals surface area (Å²) < 4.78 is 0. The van der Waals surface area contributed by atoms with Gasteiger partial charge in [-0.05, 0) is 49.5 Å². The SMILES string of the molecule is CCN(CC)CCN(C)C(=O)c1ccccc1Nc1ccnc2cc(Cl)ccc12. The van der Waals surface area contributed by atoms with E-state index in [9.17, 15) is 4.79 Å². The maximum Gasteiger partial charge on any atom is 0.255 e. The second-order valence-corrected chi connectivity index (χ2v) is 7.38. The molecule has 0 atom stereocenters. The predicted octanol–water partition coefficient (Wildman–Crippen LogP) is 5.05. The average Bonchev–Trinajstić information content (AvgIpc) is 2.74. The predicted molar refractivity (Wildman–Crippen MR) is 121 cm³/mol. The third-order valence-electron chi connectivity index (χ3n) is 5.12. The molecule has 152 valence electrons. The topological polar surface area (TPSA) is 48.5 Å². The first kappa shape index (κ1) is 21.1. The largest absolute Gasteiger partial charge is 0.354 e. The van der Waals surface area contributed by atoms with E-state index < -0.39 is 0 Å². The van der Waals surface area contributed by atoms with Crippen LogP contribution in [0.25, 0.3) is 10.9 Å². The van der Waals surface area contributed by atoms with Crippen LogP contribution in [-0.4, -0.2) is 53.9 Å². The lowest BCUT2D eigenvalue weighted by Crippen LogP contribution is -2.36. The molecule has 0 radical (unpaired) electrons. The van der Waals surface area contributed by atoms with Crippen LogP contribution in [-0.2, 0) is 0 Å². The van der Waals surface area contributed by atoms with Crippen LogP contribution >= 0.6 is 11.6 Å². The molecule has 5 nitrogen and oxygen atoms in total. The first-order valence-corrected chi connectivity index (χ1v) is 10.3. The van der Waals surface area contributed by atoms with Crippen molar-refractivity contribution in [1.29, 1.82) is 0 Å². The Bertz CT molecular complexity index is 988. The zero-order chi connectivity index (χ0) is 20.8. The number of amides is 1. The van der Waals surface area contributed by atoms with Gasteiger partial charge in [0, 0.05) is 42.4 Å². The van der Waals surface area contributed by atoms with Crippen LogP contribution in [0.1, 0.15) is 24.2 Å². The van der Waals surface area contributed by atoms with Gasteiger partial charge in [0.05, 0.1) is 16.8 Å². The fraction of sp³-hybridized carbons (Fsp3) is 0.304. The Kier molecular flexibility index (Phi) is 7.07. The first-order chi connectivity index (χ1) is 14.0. The Morgan fingerprint density at radius 3 is 2.55 bits per heavy atom. The van der Waals surface area contributed by atoms with Gasteiger partial charge in [0.2, 0.25) is 0 Å². The lowest BCUT2D eigenvalue weighted by molar-refractivity contribution is 0.0781. The van der Waals surface area contributed by atoms with E-state index in [-0.39, 0.29) is 5.91 Å². The lowest BCUT2D eigenvalue weighted by atomic mass is 10.1. The number of fused-ring (bicyclic) bond motifs is 1. The summed E-state index contributed by atoms with van der Waals surface area (Å²) in [4.78, 5) is 21.6. The summed E-state index contributed by atoms with van der Waals surface area (Å²) in [6.45, 7) is 7.78. The summed E-state index contributed by atoms with van der Waals surface area (Å²) in [5.74, 6) is 0.00154. The standard InChI is InChI=1S/C23H27ClN4O/c1-4-28(5-2)15-14-27(3)23(29)19-8-6-7-9-20(19)26-21-12-13-25-22-16-17(24)10-11-18(21)22/h6-13,16H,4-5,14-15H2,1-3H3,(H,25,26). The van der Waals surface area contributed by atoms with Crippen LogP contribution in [0.2, 0.25) is 5.02 Å². The van der Waals surface area contributed by atoms with Crippen molar-refractivity contribution < 1.29 is 4.79 Å². The molecule has 0 fully saturated rings. The Morgan fingerprint density at radius 2 is 1.79 bits per heavy atom. The van der Waals surface area contributed by atoms with E-state index in [1.54, 1.807) is 11.1 Å². The molecule has 2 aromatic carbocycles. The third-order valence-corrected chi connectivity index (χ3v) is 5.36. The van der Waals surface area contributed by atoms with Crippen molar-refractivity contribution in [3.63, 3.8) is 0 Å². The van der Waals surface area contributed by atoms with E-state index in [1.807, 2.05) is 55.6 Å². The van der Waals surface area contributed by atoms with Gasteiger partial charge >= 0.3 is 0 Å². The highest BCUT2D eigenvalue weighted by Gasteiger charge is 2.17. The van der Waals surface area contributed by atoms with Crippen molar-refractivity contribution in [2.24, 2.45) is 0 Å². The summed E-state index contributed by atoms with van der Waals surface area (Å²) in [7, 11) is 1.85. The second kappa shape index (κ2) is 9.72. The minimum Gasteiger partial charge on any atom is -0.354 e. The van der Waals surface area contributed by atoms with Crippen LogP contribution in [0.5, 0.6) is 0 Å². The Morgan fingerprint density at radius 1 is 1.03 bits per heavy atom. The van der Waals surface area contributed by atoms with E-state index in [0.717, 1.165) is 41.9 Å². The van der Waals surface area contributed by atoms with Crippen LogP contribution in [0.15, 0.2) is 54.7 Å². The highest BCUT2D eigenvalue weighted by atomic mass is 35.5. The fourth-order valence-electron chi connectivity index (χ4n) is 3.29. The van der Waals surface area contributed by atoms with Crippen LogP contribution in [0.4, 0.5) is 11.4 Å². The van der Waals surface area contributed by atoms with Crippen molar-refractivity contribution in [3.8, 4) is 0 Å². The van der Waals surface area contributed by atoms with Crippen LogP contribution in [0.3, 0.4) is 0 Å². The normalized spacial score (nSPS) is 11.1. The van der Waals surface area contributed by atoms with Gasteiger partial charge in [0.25, 0.3) is 5.91 Å². The molecule has 0 saturated heterocycles. The van der Waals surface area contributed by atoms with Gasteiger partial charge < -0.3 is 15.1 Å². The summed E-state index contributed by atoms with van der Waals surface area (Å²) >= 11 is 6.09. The summed E-state index contributed by atoms with van der Waals surface area (Å²) in [5.41, 5.74) is 3.11. The van der Waals surface area contributed by atoms with Crippen molar-refractivity contribution in [3.05, 3.63) is 65.3 Å². The molecule has 0 aliphatic carbocycles. The molecule has 29 heavy (non-hydrogen) atoms. The second-order valence-electron chi connectivity index (χ2n) is 6.94. The summed E-state index contributed by atoms with van der Waals surface area (Å²) in [6, 6.07) is 15.1. The van der Waals surface area contributed by atoms with Crippen molar-refractivity contribution in [1.82, 2.24) is 14.8 Å². The molecule has 1 amide bonds. The number of para-hydroxylation sites is 1. The highest BCUT2D eigenvalue weighted by Crippen LogP contribution is 2.29. The number of nitrogens with zero attached hydrogens (tertiary/aromatic N) is 3. The molecule has 1 aromatic heterocycles. The van der Waals surface area contributed by atoms with Crippen molar-refractivity contribution in [2.45, 2.75) is 13.8 Å². The molecular formula is C23H27ClN4O.